The predicted molar refractivity (Wildman–Crippen MR) is 87.8 cm³/mol. The van der Waals surface area contributed by atoms with Gasteiger partial charge in [-0.15, -0.1) is 16.4 Å². The first-order chi connectivity index (χ1) is 10.3. The molecular formula is C15H19N3O2S2. The van der Waals surface area contributed by atoms with E-state index in [0.29, 0.717) is 10.1 Å². The summed E-state index contributed by atoms with van der Waals surface area (Å²) in [5.74, 6) is 0.764. The number of thiophene rings is 1. The minimum atomic E-state index is -3.60. The molecule has 1 aliphatic carbocycles. The standard InChI is InChI=1S/C15H19N3O2S2/c1-15(2,3)12-7-9-14(21-12)22(19,20)18-13-8-6-11(16-17-13)10-4-5-10/h6-10H,4-5H2,1-3H3,(H,17,18). The summed E-state index contributed by atoms with van der Waals surface area (Å²) in [5.41, 5.74) is 0.874. The smallest absolute Gasteiger partial charge is 0.261 e. The van der Waals surface area contributed by atoms with E-state index in [0.717, 1.165) is 23.4 Å². The third kappa shape index (κ3) is 3.30. The molecule has 0 unspecified atom stereocenters. The average molecular weight is 337 g/mol. The number of nitrogens with zero attached hydrogens (tertiary/aromatic N) is 2. The van der Waals surface area contributed by atoms with Crippen LogP contribution >= 0.6 is 11.3 Å². The van der Waals surface area contributed by atoms with Gasteiger partial charge in [-0.2, -0.15) is 5.10 Å². The second kappa shape index (κ2) is 5.31. The Morgan fingerprint density at radius 2 is 1.86 bits per heavy atom. The van der Waals surface area contributed by atoms with Gasteiger partial charge in [0.15, 0.2) is 5.82 Å². The van der Waals surface area contributed by atoms with Crippen LogP contribution in [-0.2, 0) is 15.4 Å². The molecule has 118 valence electrons. The molecule has 2 heterocycles. The van der Waals surface area contributed by atoms with Gasteiger partial charge in [0.2, 0.25) is 0 Å². The lowest BCUT2D eigenvalue weighted by Gasteiger charge is -2.15. The number of hydrogen-bond donors (Lipinski definition) is 1. The van der Waals surface area contributed by atoms with Crippen LogP contribution in [0.5, 0.6) is 0 Å². The Balaban J connectivity index is 1.79. The van der Waals surface area contributed by atoms with Crippen molar-refractivity contribution in [3.8, 4) is 0 Å². The number of rotatable bonds is 4. The number of anilines is 1. The van der Waals surface area contributed by atoms with Crippen LogP contribution in [0.25, 0.3) is 0 Å². The highest BCUT2D eigenvalue weighted by Crippen LogP contribution is 2.38. The van der Waals surface area contributed by atoms with Crippen LogP contribution in [0.15, 0.2) is 28.5 Å². The lowest BCUT2D eigenvalue weighted by molar-refractivity contribution is 0.603. The first kappa shape index (κ1) is 15.4. The van der Waals surface area contributed by atoms with Crippen molar-refractivity contribution in [1.29, 1.82) is 0 Å². The van der Waals surface area contributed by atoms with Gasteiger partial charge in [0.1, 0.15) is 4.21 Å². The topological polar surface area (TPSA) is 72.0 Å². The predicted octanol–water partition coefficient (Wildman–Crippen LogP) is 3.51. The first-order valence-corrected chi connectivity index (χ1v) is 9.52. The molecule has 0 saturated heterocycles. The van der Waals surface area contributed by atoms with E-state index in [9.17, 15) is 8.42 Å². The highest BCUT2D eigenvalue weighted by molar-refractivity contribution is 7.94. The Bertz CT molecular complexity index is 770. The molecule has 0 spiro atoms. The summed E-state index contributed by atoms with van der Waals surface area (Å²) < 4.78 is 27.6. The Hall–Kier alpha value is -1.47. The summed E-state index contributed by atoms with van der Waals surface area (Å²) in [6, 6.07) is 7.02. The second-order valence-corrected chi connectivity index (χ2v) is 9.58. The third-order valence-electron chi connectivity index (χ3n) is 3.51. The van der Waals surface area contributed by atoms with Gasteiger partial charge in [-0.3, -0.25) is 4.72 Å². The van der Waals surface area contributed by atoms with E-state index in [4.69, 9.17) is 0 Å². The maximum Gasteiger partial charge on any atom is 0.272 e. The van der Waals surface area contributed by atoms with E-state index in [1.165, 1.54) is 11.3 Å². The Labute approximate surface area is 134 Å². The molecule has 1 fully saturated rings. The molecule has 5 nitrogen and oxygen atoms in total. The summed E-state index contributed by atoms with van der Waals surface area (Å²) in [6.07, 6.45) is 2.29. The Morgan fingerprint density at radius 1 is 1.14 bits per heavy atom. The second-order valence-electron chi connectivity index (χ2n) is 6.59. The summed E-state index contributed by atoms with van der Waals surface area (Å²) in [4.78, 5) is 1.03. The van der Waals surface area contributed by atoms with E-state index < -0.39 is 10.0 Å². The molecule has 7 heteroatoms. The molecule has 2 aromatic heterocycles. The third-order valence-corrected chi connectivity index (χ3v) is 6.86. The zero-order valence-corrected chi connectivity index (χ0v) is 14.5. The lowest BCUT2D eigenvalue weighted by Crippen LogP contribution is -2.13. The molecule has 0 radical (unpaired) electrons. The van der Waals surface area contributed by atoms with Crippen LogP contribution in [0, 0.1) is 0 Å². The average Bonchev–Trinajstić information content (AvgIpc) is 3.13. The Morgan fingerprint density at radius 3 is 2.36 bits per heavy atom. The molecule has 22 heavy (non-hydrogen) atoms. The van der Waals surface area contributed by atoms with Gasteiger partial charge in [-0.1, -0.05) is 20.8 Å². The van der Waals surface area contributed by atoms with Gasteiger partial charge in [-0.25, -0.2) is 8.42 Å². The summed E-state index contributed by atoms with van der Waals surface area (Å²) in [5, 5.41) is 8.06. The van der Waals surface area contributed by atoms with Crippen molar-refractivity contribution in [1.82, 2.24) is 10.2 Å². The largest absolute Gasteiger partial charge is 0.272 e. The molecule has 1 aliphatic rings. The lowest BCUT2D eigenvalue weighted by atomic mass is 9.95. The summed E-state index contributed by atoms with van der Waals surface area (Å²) >= 11 is 1.29. The van der Waals surface area contributed by atoms with Gasteiger partial charge in [0, 0.05) is 10.8 Å². The highest BCUT2D eigenvalue weighted by atomic mass is 32.2. The normalized spacial score (nSPS) is 15.8. The van der Waals surface area contributed by atoms with Crippen molar-refractivity contribution in [2.24, 2.45) is 0 Å². The maximum atomic E-state index is 12.4. The number of nitrogens with one attached hydrogen (secondary N) is 1. The first-order valence-electron chi connectivity index (χ1n) is 7.22. The molecule has 0 atom stereocenters. The van der Waals surface area contributed by atoms with Crippen molar-refractivity contribution < 1.29 is 8.42 Å². The molecule has 0 bridgehead atoms. The van der Waals surface area contributed by atoms with Crippen LogP contribution in [0.3, 0.4) is 0 Å². The number of sulfonamides is 1. The molecule has 3 rings (SSSR count). The molecular weight excluding hydrogens is 318 g/mol. The van der Waals surface area contributed by atoms with Crippen molar-refractivity contribution >= 4 is 27.2 Å². The summed E-state index contributed by atoms with van der Waals surface area (Å²) in [6.45, 7) is 6.18. The number of hydrogen-bond acceptors (Lipinski definition) is 5. The molecule has 1 N–H and O–H groups in total. The van der Waals surface area contributed by atoms with Crippen LogP contribution in [0.2, 0.25) is 0 Å². The van der Waals surface area contributed by atoms with E-state index in [1.54, 1.807) is 12.1 Å². The zero-order chi connectivity index (χ0) is 16.0. The molecule has 0 amide bonds. The maximum absolute atomic E-state index is 12.4. The zero-order valence-electron chi connectivity index (χ0n) is 12.8. The minimum Gasteiger partial charge on any atom is -0.261 e. The van der Waals surface area contributed by atoms with Crippen LogP contribution in [-0.4, -0.2) is 18.6 Å². The van der Waals surface area contributed by atoms with Crippen molar-refractivity contribution in [2.75, 3.05) is 4.72 Å². The number of aromatic nitrogens is 2. The van der Waals surface area contributed by atoms with Crippen LogP contribution in [0.4, 0.5) is 5.82 Å². The van der Waals surface area contributed by atoms with Gasteiger partial charge >= 0.3 is 0 Å². The molecule has 0 aromatic carbocycles. The monoisotopic (exact) mass is 337 g/mol. The fourth-order valence-electron chi connectivity index (χ4n) is 2.05. The fourth-order valence-corrected chi connectivity index (χ4v) is 4.41. The van der Waals surface area contributed by atoms with Crippen LogP contribution in [0.1, 0.15) is 50.1 Å². The van der Waals surface area contributed by atoms with E-state index in [-0.39, 0.29) is 11.2 Å². The van der Waals surface area contributed by atoms with Crippen LogP contribution < -0.4 is 4.72 Å². The highest BCUT2D eigenvalue weighted by Gasteiger charge is 2.26. The van der Waals surface area contributed by atoms with Gasteiger partial charge in [-0.05, 0) is 42.5 Å². The van der Waals surface area contributed by atoms with Gasteiger partial charge < -0.3 is 0 Å². The van der Waals surface area contributed by atoms with Crippen molar-refractivity contribution in [2.45, 2.75) is 49.2 Å². The van der Waals surface area contributed by atoms with E-state index in [2.05, 4.69) is 35.7 Å². The molecule has 1 saturated carbocycles. The minimum absolute atomic E-state index is 0.0653. The van der Waals surface area contributed by atoms with E-state index in [1.807, 2.05) is 12.1 Å². The SMILES string of the molecule is CC(C)(C)c1ccc(S(=O)(=O)Nc2ccc(C3CC3)nn2)s1. The fraction of sp³-hybridized carbons (Fsp3) is 0.467. The van der Waals surface area contributed by atoms with Gasteiger partial charge in [0.25, 0.3) is 10.0 Å². The van der Waals surface area contributed by atoms with Crippen molar-refractivity contribution in [3.05, 3.63) is 34.8 Å². The summed E-state index contributed by atoms with van der Waals surface area (Å²) in [7, 11) is -3.60. The van der Waals surface area contributed by atoms with E-state index >= 15 is 0 Å². The quantitative estimate of drug-likeness (QED) is 0.926. The molecule has 0 aliphatic heterocycles. The molecule has 2 aromatic rings. The van der Waals surface area contributed by atoms with Gasteiger partial charge in [0.05, 0.1) is 5.69 Å². The Kier molecular flexibility index (Phi) is 3.72. The van der Waals surface area contributed by atoms with Crippen molar-refractivity contribution in [3.63, 3.8) is 0 Å².